The van der Waals surface area contributed by atoms with Crippen molar-refractivity contribution in [1.82, 2.24) is 34.8 Å². The number of aromatic nitrogens is 6. The van der Waals surface area contributed by atoms with Gasteiger partial charge in [0.2, 0.25) is 0 Å². The summed E-state index contributed by atoms with van der Waals surface area (Å²) in [5.41, 5.74) is 9.46. The maximum Gasteiger partial charge on any atom is 0.175 e. The highest BCUT2D eigenvalue weighted by atomic mass is 32.2. The number of hydrogen-bond donors (Lipinski definition) is 3. The smallest absolute Gasteiger partial charge is 0.175 e. The number of benzene rings is 1. The largest absolute Gasteiger partial charge is 0.382 e. The molecule has 0 saturated heterocycles. The molecule has 0 spiro atoms. The zero-order valence-electron chi connectivity index (χ0n) is 16.2. The number of nitrogens with one attached hydrogen (secondary N) is 2. The molecule has 4 N–H and O–H groups in total. The Morgan fingerprint density at radius 2 is 2.17 bits per heavy atom. The average molecular weight is 408 g/mol. The fourth-order valence-corrected chi connectivity index (χ4v) is 4.03. The van der Waals surface area contributed by atoms with Crippen molar-refractivity contribution in [2.75, 3.05) is 18.8 Å². The van der Waals surface area contributed by atoms with Crippen molar-refractivity contribution >= 4 is 39.8 Å². The van der Waals surface area contributed by atoms with E-state index < -0.39 is 0 Å². The van der Waals surface area contributed by atoms with Crippen molar-refractivity contribution < 1.29 is 0 Å². The maximum absolute atomic E-state index is 9.59. The number of anilines is 1. The van der Waals surface area contributed by atoms with Gasteiger partial charge in [-0.1, -0.05) is 25.6 Å². The van der Waals surface area contributed by atoms with Gasteiger partial charge in [-0.25, -0.2) is 19.9 Å². The second-order valence-corrected chi connectivity index (χ2v) is 8.07. The van der Waals surface area contributed by atoms with Crippen molar-refractivity contribution in [1.29, 1.82) is 5.26 Å². The van der Waals surface area contributed by atoms with Crippen LogP contribution in [0, 0.1) is 17.2 Å². The van der Waals surface area contributed by atoms with Gasteiger partial charge in [0.25, 0.3) is 0 Å². The summed E-state index contributed by atoms with van der Waals surface area (Å²) in [4.78, 5) is 21.2. The molecule has 10 heteroatoms. The molecule has 29 heavy (non-hydrogen) atoms. The molecule has 0 bridgehead atoms. The molecule has 0 radical (unpaired) electrons. The Morgan fingerprint density at radius 1 is 1.31 bits per heavy atom. The summed E-state index contributed by atoms with van der Waals surface area (Å²) in [6.45, 7) is 6.71. The molecular weight excluding hydrogens is 386 g/mol. The van der Waals surface area contributed by atoms with Gasteiger partial charge in [-0.05, 0) is 24.6 Å². The molecule has 0 amide bonds. The van der Waals surface area contributed by atoms with Crippen molar-refractivity contribution in [3.8, 4) is 6.07 Å². The van der Waals surface area contributed by atoms with Gasteiger partial charge < -0.3 is 20.6 Å². The standard InChI is InChI=1S/C19H21N9S/c1-11(2)8-22-3-4-28-18-16(17(21)25-10-26-18)27-19(28)29-15-6-14-13(23-9-24-14)5-12(15)7-20/h5-6,9-11,22H,3-4,8H2,1-2H3,(H,23,24)(H2,21,25,26). The minimum absolute atomic E-state index is 0.342. The number of nitrogen functional groups attached to an aromatic ring is 1. The summed E-state index contributed by atoms with van der Waals surface area (Å²) in [6, 6.07) is 5.95. The highest BCUT2D eigenvalue weighted by Crippen LogP contribution is 2.34. The van der Waals surface area contributed by atoms with Crippen LogP contribution in [-0.2, 0) is 6.54 Å². The first-order valence-electron chi connectivity index (χ1n) is 9.29. The topological polar surface area (TPSA) is 134 Å². The van der Waals surface area contributed by atoms with Crippen LogP contribution >= 0.6 is 11.8 Å². The first kappa shape index (κ1) is 19.2. The molecular formula is C19H21N9S. The Bertz CT molecular complexity index is 1200. The molecule has 148 valence electrons. The normalized spacial score (nSPS) is 11.5. The lowest BCUT2D eigenvalue weighted by molar-refractivity contribution is 0.516. The van der Waals surface area contributed by atoms with Crippen LogP contribution in [0.4, 0.5) is 5.82 Å². The van der Waals surface area contributed by atoms with Crippen LogP contribution < -0.4 is 11.1 Å². The maximum atomic E-state index is 9.59. The van der Waals surface area contributed by atoms with Crippen LogP contribution in [-0.4, -0.2) is 42.6 Å². The fourth-order valence-electron chi connectivity index (χ4n) is 3.03. The van der Waals surface area contributed by atoms with Gasteiger partial charge in [0.05, 0.1) is 22.9 Å². The number of aromatic amines is 1. The summed E-state index contributed by atoms with van der Waals surface area (Å²) < 4.78 is 2.02. The number of hydrogen-bond acceptors (Lipinski definition) is 8. The zero-order chi connectivity index (χ0) is 20.4. The Labute approximate surface area is 171 Å². The Kier molecular flexibility index (Phi) is 5.33. The summed E-state index contributed by atoms with van der Waals surface area (Å²) in [7, 11) is 0. The quantitative estimate of drug-likeness (QED) is 0.398. The third-order valence-electron chi connectivity index (χ3n) is 4.43. The van der Waals surface area contributed by atoms with Crippen molar-refractivity contribution in [2.45, 2.75) is 30.4 Å². The predicted molar refractivity (Wildman–Crippen MR) is 112 cm³/mol. The van der Waals surface area contributed by atoms with E-state index in [1.807, 2.05) is 10.6 Å². The van der Waals surface area contributed by atoms with Crippen molar-refractivity contribution in [3.05, 3.63) is 30.4 Å². The van der Waals surface area contributed by atoms with Crippen LogP contribution in [0.3, 0.4) is 0 Å². The van der Waals surface area contributed by atoms with Crippen molar-refractivity contribution in [2.24, 2.45) is 5.92 Å². The molecule has 0 aliphatic rings. The Morgan fingerprint density at radius 3 is 2.97 bits per heavy atom. The van der Waals surface area contributed by atoms with Gasteiger partial charge in [0, 0.05) is 18.0 Å². The van der Waals surface area contributed by atoms with Crippen LogP contribution in [0.2, 0.25) is 0 Å². The molecule has 3 aromatic heterocycles. The summed E-state index contributed by atoms with van der Waals surface area (Å²) in [5, 5.41) is 13.7. The molecule has 9 nitrogen and oxygen atoms in total. The van der Waals surface area contributed by atoms with E-state index in [-0.39, 0.29) is 0 Å². The number of nitriles is 1. The predicted octanol–water partition coefficient (Wildman–Crippen LogP) is 2.55. The van der Waals surface area contributed by atoms with E-state index in [1.165, 1.54) is 18.1 Å². The first-order chi connectivity index (χ1) is 14.1. The number of nitrogens with zero attached hydrogens (tertiary/aromatic N) is 6. The molecule has 4 aromatic rings. The Balaban J connectivity index is 1.72. The summed E-state index contributed by atoms with van der Waals surface area (Å²) >= 11 is 1.41. The Hall–Kier alpha value is -3.16. The van der Waals surface area contributed by atoms with Gasteiger partial charge in [0.15, 0.2) is 22.1 Å². The molecule has 0 fully saturated rings. The van der Waals surface area contributed by atoms with Crippen LogP contribution in [0.1, 0.15) is 19.4 Å². The fraction of sp³-hybridized carbons (Fsp3) is 0.316. The molecule has 0 aliphatic carbocycles. The van der Waals surface area contributed by atoms with E-state index in [0.717, 1.165) is 29.0 Å². The lowest BCUT2D eigenvalue weighted by atomic mass is 10.2. The highest BCUT2D eigenvalue weighted by molar-refractivity contribution is 7.99. The van der Waals surface area contributed by atoms with Gasteiger partial charge in [-0.2, -0.15) is 5.26 Å². The number of H-pyrrole nitrogens is 1. The van der Waals surface area contributed by atoms with E-state index in [9.17, 15) is 5.26 Å². The van der Waals surface area contributed by atoms with E-state index >= 15 is 0 Å². The highest BCUT2D eigenvalue weighted by Gasteiger charge is 2.18. The SMILES string of the molecule is CC(C)CNCCn1c(Sc2cc3nc[nH]c3cc2C#N)nc2c(N)ncnc21. The number of imidazole rings is 2. The minimum atomic E-state index is 0.342. The molecule has 1 aromatic carbocycles. The second kappa shape index (κ2) is 8.06. The number of nitrogens with two attached hydrogens (primary N) is 1. The van der Waals surface area contributed by atoms with Gasteiger partial charge in [0.1, 0.15) is 12.4 Å². The summed E-state index contributed by atoms with van der Waals surface area (Å²) in [5.74, 6) is 0.911. The van der Waals surface area contributed by atoms with Crippen LogP contribution in [0.5, 0.6) is 0 Å². The van der Waals surface area contributed by atoms with E-state index in [1.54, 1.807) is 12.4 Å². The van der Waals surface area contributed by atoms with Gasteiger partial charge in [-0.15, -0.1) is 0 Å². The number of fused-ring (bicyclic) bond motifs is 2. The lowest BCUT2D eigenvalue weighted by Crippen LogP contribution is -2.24. The monoisotopic (exact) mass is 407 g/mol. The number of rotatable bonds is 7. The minimum Gasteiger partial charge on any atom is -0.382 e. The van der Waals surface area contributed by atoms with E-state index in [0.29, 0.717) is 40.2 Å². The molecule has 0 saturated carbocycles. The van der Waals surface area contributed by atoms with Gasteiger partial charge >= 0.3 is 0 Å². The second-order valence-electron chi connectivity index (χ2n) is 7.06. The van der Waals surface area contributed by atoms with Crippen molar-refractivity contribution in [3.63, 3.8) is 0 Å². The summed E-state index contributed by atoms with van der Waals surface area (Å²) in [6.07, 6.45) is 3.06. The lowest BCUT2D eigenvalue weighted by Gasteiger charge is -2.11. The molecule has 3 heterocycles. The molecule has 0 aliphatic heterocycles. The van der Waals surface area contributed by atoms with Gasteiger partial charge in [-0.3, -0.25) is 0 Å². The zero-order valence-corrected chi connectivity index (χ0v) is 17.0. The molecule has 0 atom stereocenters. The van der Waals surface area contributed by atoms with Crippen LogP contribution in [0.25, 0.3) is 22.2 Å². The third kappa shape index (κ3) is 3.87. The molecule has 4 rings (SSSR count). The van der Waals surface area contributed by atoms with E-state index in [2.05, 4.69) is 50.2 Å². The third-order valence-corrected chi connectivity index (χ3v) is 5.49. The molecule has 0 unspecified atom stereocenters. The van der Waals surface area contributed by atoms with E-state index in [4.69, 9.17) is 5.73 Å². The van der Waals surface area contributed by atoms with Crippen LogP contribution in [0.15, 0.2) is 34.8 Å². The first-order valence-corrected chi connectivity index (χ1v) is 10.1. The average Bonchev–Trinajstić information content (AvgIpc) is 3.29.